The summed E-state index contributed by atoms with van der Waals surface area (Å²) in [6.45, 7) is 0. The molecule has 0 heterocycles. The van der Waals surface area contributed by atoms with Crippen molar-refractivity contribution in [3.05, 3.63) is 0 Å². The number of hydrogen-bond donors (Lipinski definition) is 0. The van der Waals surface area contributed by atoms with Crippen molar-refractivity contribution in [3.8, 4) is 0 Å². The molecule has 0 aromatic carbocycles. The second kappa shape index (κ2) is 21.6. The minimum absolute atomic E-state index is 0.0556. The van der Waals surface area contributed by atoms with E-state index in [9.17, 15) is 0 Å². The molecule has 0 spiro atoms. The Labute approximate surface area is 65.0 Å². The van der Waals surface area contributed by atoms with Gasteiger partial charge < -0.3 is 0 Å². The van der Waals surface area contributed by atoms with Crippen molar-refractivity contribution < 1.29 is 43.8 Å². The van der Waals surface area contributed by atoms with Crippen molar-refractivity contribution in [3.63, 3.8) is 0 Å². The molecule has 20 valence electrons. The first-order chi connectivity index (χ1) is 2.00. The molecule has 0 aliphatic heterocycles. The molecule has 2 radical (unpaired) electrons. The van der Waals surface area contributed by atoms with E-state index in [1.165, 1.54) is 0 Å². The van der Waals surface area contributed by atoms with E-state index in [2.05, 4.69) is 0 Å². The first-order valence-corrected chi connectivity index (χ1v) is 2.86. The predicted octanol–water partition coefficient (Wildman–Crippen LogP) is -0.618. The molecule has 0 aromatic rings. The molecule has 0 atom stereocenters. The van der Waals surface area contributed by atoms with Crippen molar-refractivity contribution in [1.82, 2.24) is 0 Å². The van der Waals surface area contributed by atoms with E-state index in [1.54, 1.807) is 0 Å². The van der Waals surface area contributed by atoms with Crippen molar-refractivity contribution in [1.29, 1.82) is 0 Å². The van der Waals surface area contributed by atoms with Gasteiger partial charge in [-0.25, -0.2) is 0 Å². The second-order valence-corrected chi connectivity index (χ2v) is 0. The van der Waals surface area contributed by atoms with Crippen LogP contribution in [0.4, 0.5) is 0 Å². The van der Waals surface area contributed by atoms with Gasteiger partial charge in [-0.3, -0.25) is 0 Å². The summed E-state index contributed by atoms with van der Waals surface area (Å²) in [5.74, 6) is 0. The molecule has 4 heavy (non-hydrogen) atoms. The maximum atomic E-state index is 8.39. The summed E-state index contributed by atoms with van der Waals surface area (Å²) < 4.78 is 16.7. The Balaban J connectivity index is 0. The van der Waals surface area contributed by atoms with Gasteiger partial charge in [0.2, 0.25) is 0 Å². The van der Waals surface area contributed by atoms with Crippen LogP contribution in [-0.2, 0) is 4.02 Å². The van der Waals surface area contributed by atoms with Gasteiger partial charge in [0.25, 0.3) is 0 Å². The van der Waals surface area contributed by atoms with Gasteiger partial charge in [-0.15, -0.1) is 0 Å². The van der Waals surface area contributed by atoms with E-state index in [1.807, 2.05) is 0 Å². The van der Waals surface area contributed by atoms with Gasteiger partial charge >= 0.3 is 66.3 Å². The van der Waals surface area contributed by atoms with Crippen molar-refractivity contribution in [2.45, 2.75) is 0 Å². The van der Waals surface area contributed by atoms with Crippen LogP contribution < -0.4 is 0 Å². The summed E-state index contributed by atoms with van der Waals surface area (Å²) in [5.41, 5.74) is 0. The van der Waals surface area contributed by atoms with E-state index < -0.39 is 0 Å². The van der Waals surface area contributed by atoms with Crippen LogP contribution in [0.2, 0.25) is 0 Å². The van der Waals surface area contributed by atoms with Gasteiger partial charge in [0.15, 0.2) is 0 Å². The molecule has 0 unspecified atom stereocenters. The molecule has 0 aliphatic rings. The third kappa shape index (κ3) is 9.23. The van der Waals surface area contributed by atoms with Crippen LogP contribution in [0.5, 0.6) is 0 Å². The van der Waals surface area contributed by atoms with E-state index >= 15 is 0 Å². The Morgan fingerprint density at radius 1 is 1.25 bits per heavy atom. The van der Waals surface area contributed by atoms with Crippen LogP contribution in [0.25, 0.3) is 0 Å². The van der Waals surface area contributed by atoms with Crippen molar-refractivity contribution in [2.24, 2.45) is 0 Å². The van der Waals surface area contributed by atoms with Crippen LogP contribution in [0.3, 0.4) is 0 Å². The molecule has 0 rings (SSSR count). The molecule has 2 nitrogen and oxygen atoms in total. The third-order valence-electron chi connectivity index (χ3n) is 0. The SMILES string of the molecule is [O]=[Ce].[O]=[Sn]. The van der Waals surface area contributed by atoms with Gasteiger partial charge in [0.1, 0.15) is 0 Å². The summed E-state index contributed by atoms with van der Waals surface area (Å²) in [4.78, 5) is 0. The van der Waals surface area contributed by atoms with Crippen LogP contribution in [0.15, 0.2) is 0 Å². The molecule has 0 fully saturated rings. The summed E-state index contributed by atoms with van der Waals surface area (Å²) in [6, 6.07) is 0. The van der Waals surface area contributed by atoms with Crippen LogP contribution in [-0.4, -0.2) is 22.5 Å². The monoisotopic (exact) mass is 292 g/mol. The average molecular weight is 291 g/mol. The zero-order valence-electron chi connectivity index (χ0n) is 1.82. The van der Waals surface area contributed by atoms with Gasteiger partial charge in [-0.05, 0) is 0 Å². The topological polar surface area (TPSA) is 34.1 Å². The fourth-order valence-electron chi connectivity index (χ4n) is 0. The Kier molecular flexibility index (Phi) is 49.9. The standard InChI is InChI=1S/Ce.2O.Sn. The minimum atomic E-state index is 0.0556. The summed E-state index contributed by atoms with van der Waals surface area (Å²) in [7, 11) is 0. The summed E-state index contributed by atoms with van der Waals surface area (Å²) in [5, 5.41) is 0. The Morgan fingerprint density at radius 2 is 1.25 bits per heavy atom. The van der Waals surface area contributed by atoms with E-state index in [0.717, 1.165) is 0 Å². The summed E-state index contributed by atoms with van der Waals surface area (Å²) >= 11 is 0.356. The number of hydrogen-bond acceptors (Lipinski definition) is 2. The molecule has 0 N–H and O–H groups in total. The van der Waals surface area contributed by atoms with E-state index in [0.29, 0.717) is 22.5 Å². The Hall–Kier alpha value is 1.78. The third-order valence-corrected chi connectivity index (χ3v) is 0. The molecule has 0 aliphatic carbocycles. The number of rotatable bonds is 0. The normalized spacial score (nSPS) is 1.75. The molecular weight excluding hydrogens is 291 g/mol. The van der Waals surface area contributed by atoms with Crippen molar-refractivity contribution >= 4 is 22.5 Å². The first kappa shape index (κ1) is 9.24. The fourth-order valence-corrected chi connectivity index (χ4v) is 0. The predicted molar refractivity (Wildman–Crippen MR) is 7.13 cm³/mol. The molecule has 4 heteroatoms. The quantitative estimate of drug-likeness (QED) is 0.558. The van der Waals surface area contributed by atoms with Gasteiger partial charge in [0.05, 0.1) is 0 Å². The van der Waals surface area contributed by atoms with E-state index in [-0.39, 0.29) is 39.8 Å². The zero-order chi connectivity index (χ0) is 4.00. The summed E-state index contributed by atoms with van der Waals surface area (Å²) in [6.07, 6.45) is 0. The fraction of sp³-hybridized carbons (Fsp3) is 0. The average Bonchev–Trinajstić information content (AvgIpc) is 1.50. The van der Waals surface area contributed by atoms with Gasteiger partial charge in [0, 0.05) is 0 Å². The van der Waals surface area contributed by atoms with E-state index in [4.69, 9.17) is 4.02 Å². The maximum absolute atomic E-state index is 8.39. The van der Waals surface area contributed by atoms with Crippen LogP contribution >= 0.6 is 0 Å². The van der Waals surface area contributed by atoms with Crippen LogP contribution in [0.1, 0.15) is 0 Å². The molecule has 0 amide bonds. The van der Waals surface area contributed by atoms with Gasteiger partial charge in [-0.2, -0.15) is 0 Å². The first-order valence-electron chi connectivity index (χ1n) is 0.408. The Morgan fingerprint density at radius 3 is 1.25 bits per heavy atom. The molecule has 0 aromatic heterocycles. The molecule has 0 saturated heterocycles. The van der Waals surface area contributed by atoms with Gasteiger partial charge in [-0.1, -0.05) is 0 Å². The molecule has 0 saturated carbocycles. The van der Waals surface area contributed by atoms with Crippen molar-refractivity contribution in [2.75, 3.05) is 0 Å². The Bertz CT molecular complexity index is 8.00. The zero-order valence-corrected chi connectivity index (χ0v) is 7.81. The van der Waals surface area contributed by atoms with Crippen LogP contribution in [0, 0.1) is 39.8 Å². The second-order valence-electron chi connectivity index (χ2n) is 0. The molecule has 0 bridgehead atoms. The molecular formula is CeO2Sn.